The second-order valence-electron chi connectivity index (χ2n) is 5.81. The highest BCUT2D eigenvalue weighted by molar-refractivity contribution is 4.88. The van der Waals surface area contributed by atoms with Crippen LogP contribution in [0.25, 0.3) is 0 Å². The molecular formula is C13H26FN3. The summed E-state index contributed by atoms with van der Waals surface area (Å²) < 4.78 is 13.8. The Labute approximate surface area is 104 Å². The maximum absolute atomic E-state index is 13.8. The van der Waals surface area contributed by atoms with Gasteiger partial charge in [0.1, 0.15) is 6.17 Å². The van der Waals surface area contributed by atoms with Gasteiger partial charge in [0.05, 0.1) is 0 Å². The standard InChI is InChI=1S/C13H26FN3/c1-11(2)10-16-5-7-17(8-6-16)13-3-4-15-9-12(13)14/h11-13,15H,3-10H2,1-2H3. The van der Waals surface area contributed by atoms with Gasteiger partial charge in [0.2, 0.25) is 0 Å². The average molecular weight is 243 g/mol. The van der Waals surface area contributed by atoms with Crippen LogP contribution in [0, 0.1) is 5.92 Å². The van der Waals surface area contributed by atoms with Gasteiger partial charge in [-0.2, -0.15) is 0 Å². The average Bonchev–Trinajstić information content (AvgIpc) is 2.30. The molecule has 3 nitrogen and oxygen atoms in total. The summed E-state index contributed by atoms with van der Waals surface area (Å²) >= 11 is 0. The molecule has 2 unspecified atom stereocenters. The zero-order chi connectivity index (χ0) is 12.3. The van der Waals surface area contributed by atoms with Gasteiger partial charge in [-0.1, -0.05) is 13.8 Å². The molecule has 0 amide bonds. The molecule has 2 fully saturated rings. The predicted molar refractivity (Wildman–Crippen MR) is 69.0 cm³/mol. The van der Waals surface area contributed by atoms with Crippen LogP contribution < -0.4 is 5.32 Å². The van der Waals surface area contributed by atoms with Gasteiger partial charge in [0.25, 0.3) is 0 Å². The van der Waals surface area contributed by atoms with Gasteiger partial charge in [-0.25, -0.2) is 4.39 Å². The third-order valence-corrected chi connectivity index (χ3v) is 3.87. The molecule has 1 N–H and O–H groups in total. The van der Waals surface area contributed by atoms with Crippen LogP contribution in [0.1, 0.15) is 20.3 Å². The first kappa shape index (κ1) is 13.2. The van der Waals surface area contributed by atoms with E-state index in [1.165, 1.54) is 6.54 Å². The largest absolute Gasteiger partial charge is 0.314 e. The molecule has 0 bridgehead atoms. The minimum atomic E-state index is -0.680. The fourth-order valence-electron chi connectivity index (χ4n) is 3.01. The highest BCUT2D eigenvalue weighted by Crippen LogP contribution is 2.17. The van der Waals surface area contributed by atoms with E-state index < -0.39 is 6.17 Å². The van der Waals surface area contributed by atoms with Crippen LogP contribution in [0.15, 0.2) is 0 Å². The first-order chi connectivity index (χ1) is 8.16. The fraction of sp³-hybridized carbons (Fsp3) is 1.00. The lowest BCUT2D eigenvalue weighted by molar-refractivity contribution is 0.0374. The van der Waals surface area contributed by atoms with Crippen molar-refractivity contribution in [3.05, 3.63) is 0 Å². The van der Waals surface area contributed by atoms with E-state index in [4.69, 9.17) is 0 Å². The highest BCUT2D eigenvalue weighted by Gasteiger charge is 2.31. The number of hydrogen-bond donors (Lipinski definition) is 1. The zero-order valence-electron chi connectivity index (χ0n) is 11.2. The number of rotatable bonds is 3. The summed E-state index contributed by atoms with van der Waals surface area (Å²) in [4.78, 5) is 4.87. The van der Waals surface area contributed by atoms with Gasteiger partial charge in [-0.05, 0) is 18.9 Å². The third kappa shape index (κ3) is 3.63. The second-order valence-corrected chi connectivity index (χ2v) is 5.81. The van der Waals surface area contributed by atoms with E-state index in [0.717, 1.165) is 45.1 Å². The topological polar surface area (TPSA) is 18.5 Å². The molecule has 100 valence electrons. The molecule has 2 rings (SSSR count). The number of hydrogen-bond acceptors (Lipinski definition) is 3. The number of piperazine rings is 1. The van der Waals surface area contributed by atoms with Crippen LogP contribution >= 0.6 is 0 Å². The Balaban J connectivity index is 1.78. The van der Waals surface area contributed by atoms with Crippen LogP contribution in [0.2, 0.25) is 0 Å². The SMILES string of the molecule is CC(C)CN1CCN(C2CCNCC2F)CC1. The summed E-state index contributed by atoms with van der Waals surface area (Å²) in [6.45, 7) is 11.5. The molecular weight excluding hydrogens is 217 g/mol. The molecule has 0 aromatic carbocycles. The summed E-state index contributed by atoms with van der Waals surface area (Å²) in [6.07, 6.45) is 0.283. The Kier molecular flexibility index (Phi) is 4.77. The molecule has 0 radical (unpaired) electrons. The molecule has 2 atom stereocenters. The van der Waals surface area contributed by atoms with Crippen molar-refractivity contribution in [2.24, 2.45) is 5.92 Å². The van der Waals surface area contributed by atoms with Gasteiger partial charge in [0, 0.05) is 45.3 Å². The van der Waals surface area contributed by atoms with Crippen LogP contribution in [0.4, 0.5) is 4.39 Å². The Bertz CT molecular complexity index is 227. The Hall–Kier alpha value is -0.190. The Morgan fingerprint density at radius 3 is 2.53 bits per heavy atom. The van der Waals surface area contributed by atoms with Crippen molar-refractivity contribution in [1.29, 1.82) is 0 Å². The lowest BCUT2D eigenvalue weighted by Crippen LogP contribution is -2.57. The Morgan fingerprint density at radius 1 is 1.24 bits per heavy atom. The summed E-state index contributed by atoms with van der Waals surface area (Å²) in [7, 11) is 0. The minimum absolute atomic E-state index is 0.164. The fourth-order valence-corrected chi connectivity index (χ4v) is 3.01. The van der Waals surface area contributed by atoms with Gasteiger partial charge >= 0.3 is 0 Å². The molecule has 2 saturated heterocycles. The van der Waals surface area contributed by atoms with E-state index in [2.05, 4.69) is 29.0 Å². The van der Waals surface area contributed by atoms with E-state index >= 15 is 0 Å². The number of halogens is 1. The third-order valence-electron chi connectivity index (χ3n) is 3.87. The van der Waals surface area contributed by atoms with E-state index in [9.17, 15) is 4.39 Å². The lowest BCUT2D eigenvalue weighted by atomic mass is 10.0. The van der Waals surface area contributed by atoms with Crippen LogP contribution in [-0.4, -0.2) is 67.8 Å². The maximum atomic E-state index is 13.8. The predicted octanol–water partition coefficient (Wildman–Crippen LogP) is 0.960. The minimum Gasteiger partial charge on any atom is -0.314 e. The smallest absolute Gasteiger partial charge is 0.128 e. The van der Waals surface area contributed by atoms with Crippen molar-refractivity contribution in [3.8, 4) is 0 Å². The van der Waals surface area contributed by atoms with Crippen LogP contribution in [0.3, 0.4) is 0 Å². The zero-order valence-corrected chi connectivity index (χ0v) is 11.2. The van der Waals surface area contributed by atoms with Crippen LogP contribution in [-0.2, 0) is 0 Å². The molecule has 2 heterocycles. The van der Waals surface area contributed by atoms with Crippen molar-refractivity contribution >= 4 is 0 Å². The van der Waals surface area contributed by atoms with Gasteiger partial charge in [-0.3, -0.25) is 4.90 Å². The quantitative estimate of drug-likeness (QED) is 0.796. The molecule has 0 aliphatic carbocycles. The summed E-state index contributed by atoms with van der Waals surface area (Å²) in [6, 6.07) is 0.164. The summed E-state index contributed by atoms with van der Waals surface area (Å²) in [5.41, 5.74) is 0. The highest BCUT2D eigenvalue weighted by atomic mass is 19.1. The molecule has 17 heavy (non-hydrogen) atoms. The maximum Gasteiger partial charge on any atom is 0.128 e. The first-order valence-corrected chi connectivity index (χ1v) is 6.98. The molecule has 0 aromatic rings. The molecule has 2 aliphatic rings. The van der Waals surface area contributed by atoms with Crippen molar-refractivity contribution in [1.82, 2.24) is 15.1 Å². The molecule has 0 spiro atoms. The normalized spacial score (nSPS) is 33.2. The monoisotopic (exact) mass is 243 g/mol. The summed E-state index contributed by atoms with van der Waals surface area (Å²) in [5.74, 6) is 0.731. The van der Waals surface area contributed by atoms with E-state index in [-0.39, 0.29) is 6.04 Å². The van der Waals surface area contributed by atoms with Crippen LogP contribution in [0.5, 0.6) is 0 Å². The van der Waals surface area contributed by atoms with Crippen molar-refractivity contribution < 1.29 is 4.39 Å². The first-order valence-electron chi connectivity index (χ1n) is 6.98. The van der Waals surface area contributed by atoms with Crippen molar-refractivity contribution in [2.75, 3.05) is 45.8 Å². The number of nitrogens with one attached hydrogen (secondary N) is 1. The van der Waals surface area contributed by atoms with E-state index in [1.807, 2.05) is 0 Å². The van der Waals surface area contributed by atoms with Gasteiger partial charge in [0.15, 0.2) is 0 Å². The molecule has 0 saturated carbocycles. The van der Waals surface area contributed by atoms with Gasteiger partial charge < -0.3 is 10.2 Å². The summed E-state index contributed by atoms with van der Waals surface area (Å²) in [5, 5.41) is 3.13. The van der Waals surface area contributed by atoms with E-state index in [0.29, 0.717) is 6.54 Å². The number of nitrogens with zero attached hydrogens (tertiary/aromatic N) is 2. The Morgan fingerprint density at radius 2 is 1.94 bits per heavy atom. The molecule has 4 heteroatoms. The lowest BCUT2D eigenvalue weighted by Gasteiger charge is -2.42. The molecule has 2 aliphatic heterocycles. The number of alkyl halides is 1. The second kappa shape index (κ2) is 6.12. The molecule has 0 aromatic heterocycles. The number of piperidine rings is 1. The van der Waals surface area contributed by atoms with E-state index in [1.54, 1.807) is 0 Å². The van der Waals surface area contributed by atoms with Crippen molar-refractivity contribution in [2.45, 2.75) is 32.5 Å². The van der Waals surface area contributed by atoms with Crippen molar-refractivity contribution in [3.63, 3.8) is 0 Å². The van der Waals surface area contributed by atoms with Gasteiger partial charge in [-0.15, -0.1) is 0 Å².